The van der Waals surface area contributed by atoms with E-state index in [4.69, 9.17) is 4.74 Å². The van der Waals surface area contributed by atoms with E-state index >= 15 is 0 Å². The molecule has 6 heteroatoms. The molecule has 3 aromatic rings. The highest BCUT2D eigenvalue weighted by Crippen LogP contribution is 2.25. The van der Waals surface area contributed by atoms with Gasteiger partial charge in [0.25, 0.3) is 5.91 Å². The van der Waals surface area contributed by atoms with Gasteiger partial charge >= 0.3 is 0 Å². The molecule has 1 amide bonds. The van der Waals surface area contributed by atoms with Crippen LogP contribution in [0.1, 0.15) is 32.9 Å². The van der Waals surface area contributed by atoms with Crippen LogP contribution in [0.5, 0.6) is 5.75 Å². The van der Waals surface area contributed by atoms with Crippen molar-refractivity contribution in [3.8, 4) is 11.4 Å². The second-order valence-electron chi connectivity index (χ2n) is 6.38. The van der Waals surface area contributed by atoms with Crippen molar-refractivity contribution in [2.45, 2.75) is 27.7 Å². The van der Waals surface area contributed by atoms with Crippen LogP contribution < -0.4 is 10.1 Å². The van der Waals surface area contributed by atoms with Crippen LogP contribution in [-0.2, 0) is 0 Å². The summed E-state index contributed by atoms with van der Waals surface area (Å²) in [6.45, 7) is 7.75. The minimum Gasteiger partial charge on any atom is -0.494 e. The fourth-order valence-electron chi connectivity index (χ4n) is 2.79. The Balaban J connectivity index is 1.95. The van der Waals surface area contributed by atoms with Crippen molar-refractivity contribution in [1.29, 1.82) is 0 Å². The quantitative estimate of drug-likeness (QED) is 0.778. The van der Waals surface area contributed by atoms with Gasteiger partial charge in [0.1, 0.15) is 11.4 Å². The van der Waals surface area contributed by atoms with Gasteiger partial charge in [-0.15, -0.1) is 5.10 Å². The lowest BCUT2D eigenvalue weighted by molar-refractivity contribution is 0.102. The number of nitrogens with zero attached hydrogens (tertiary/aromatic N) is 3. The van der Waals surface area contributed by atoms with Gasteiger partial charge in [0.2, 0.25) is 0 Å². The first-order valence-corrected chi connectivity index (χ1v) is 8.36. The molecule has 1 N–H and O–H groups in total. The number of rotatable bonds is 4. The zero-order valence-electron chi connectivity index (χ0n) is 15.6. The summed E-state index contributed by atoms with van der Waals surface area (Å²) in [5.74, 6) is 0.388. The first kappa shape index (κ1) is 17.7. The van der Waals surface area contributed by atoms with Gasteiger partial charge < -0.3 is 10.1 Å². The molecule has 0 saturated carbocycles. The van der Waals surface area contributed by atoms with E-state index in [1.807, 2.05) is 64.1 Å². The SMILES string of the molecule is COc1ccc(C)cc1-n1nnc(C(=O)Nc2cc(C)ccc2C)c1C. The van der Waals surface area contributed by atoms with Gasteiger partial charge in [-0.25, -0.2) is 4.68 Å². The van der Waals surface area contributed by atoms with Crippen LogP contribution in [0.25, 0.3) is 5.69 Å². The minimum absolute atomic E-state index is 0.283. The van der Waals surface area contributed by atoms with E-state index in [2.05, 4.69) is 15.6 Å². The van der Waals surface area contributed by atoms with Gasteiger partial charge in [-0.1, -0.05) is 23.4 Å². The van der Waals surface area contributed by atoms with Crippen LogP contribution in [0.4, 0.5) is 5.69 Å². The van der Waals surface area contributed by atoms with E-state index in [1.54, 1.807) is 11.8 Å². The Hall–Kier alpha value is -3.15. The normalized spacial score (nSPS) is 10.7. The Morgan fingerprint density at radius 2 is 1.73 bits per heavy atom. The number of aryl methyl sites for hydroxylation is 3. The maximum absolute atomic E-state index is 12.7. The molecule has 0 saturated heterocycles. The Bertz CT molecular complexity index is 976. The number of nitrogens with one attached hydrogen (secondary N) is 1. The maximum Gasteiger partial charge on any atom is 0.278 e. The molecule has 6 nitrogen and oxygen atoms in total. The number of carbonyl (C=O) groups excluding carboxylic acids is 1. The number of hydrogen-bond donors (Lipinski definition) is 1. The fraction of sp³-hybridized carbons (Fsp3) is 0.250. The Morgan fingerprint density at radius 1 is 1.04 bits per heavy atom. The Labute approximate surface area is 152 Å². The molecular weight excluding hydrogens is 328 g/mol. The standard InChI is InChI=1S/C20H22N4O2/c1-12-6-8-14(3)16(10-12)21-20(25)19-15(4)24(23-22-19)17-11-13(2)7-9-18(17)26-5/h6-11H,1-5H3,(H,21,25). The molecule has 2 aromatic carbocycles. The third kappa shape index (κ3) is 3.31. The molecule has 0 spiro atoms. The van der Waals surface area contributed by atoms with Crippen LogP contribution >= 0.6 is 0 Å². The van der Waals surface area contributed by atoms with E-state index in [9.17, 15) is 4.79 Å². The zero-order valence-corrected chi connectivity index (χ0v) is 15.6. The molecule has 134 valence electrons. The smallest absolute Gasteiger partial charge is 0.278 e. The highest BCUT2D eigenvalue weighted by Gasteiger charge is 2.20. The Kier molecular flexibility index (Phi) is 4.75. The van der Waals surface area contributed by atoms with Gasteiger partial charge in [0.05, 0.1) is 12.8 Å². The topological polar surface area (TPSA) is 69.0 Å². The molecule has 0 unspecified atom stereocenters. The molecule has 0 atom stereocenters. The zero-order chi connectivity index (χ0) is 18.8. The summed E-state index contributed by atoms with van der Waals surface area (Å²) in [5, 5.41) is 11.2. The molecule has 0 aliphatic heterocycles. The fourth-order valence-corrected chi connectivity index (χ4v) is 2.79. The van der Waals surface area contributed by atoms with Crippen molar-refractivity contribution in [3.05, 3.63) is 64.5 Å². The summed E-state index contributed by atoms with van der Waals surface area (Å²) < 4.78 is 7.04. The lowest BCUT2D eigenvalue weighted by Gasteiger charge is -2.11. The second-order valence-corrected chi connectivity index (χ2v) is 6.38. The summed E-state index contributed by atoms with van der Waals surface area (Å²) in [4.78, 5) is 12.7. The lowest BCUT2D eigenvalue weighted by Crippen LogP contribution is -2.15. The number of carbonyl (C=O) groups is 1. The van der Waals surface area contributed by atoms with Gasteiger partial charge in [0, 0.05) is 5.69 Å². The van der Waals surface area contributed by atoms with Crippen molar-refractivity contribution in [1.82, 2.24) is 15.0 Å². The van der Waals surface area contributed by atoms with Crippen molar-refractivity contribution >= 4 is 11.6 Å². The third-order valence-electron chi connectivity index (χ3n) is 4.31. The minimum atomic E-state index is -0.283. The number of ether oxygens (including phenoxy) is 1. The third-order valence-corrected chi connectivity index (χ3v) is 4.31. The number of amides is 1. The average Bonchev–Trinajstić information content (AvgIpc) is 2.99. The monoisotopic (exact) mass is 350 g/mol. The predicted molar refractivity (Wildman–Crippen MR) is 101 cm³/mol. The maximum atomic E-state index is 12.7. The molecule has 0 radical (unpaired) electrons. The summed E-state index contributed by atoms with van der Waals surface area (Å²) in [7, 11) is 1.61. The van der Waals surface area contributed by atoms with Crippen molar-refractivity contribution in [2.75, 3.05) is 12.4 Å². The molecule has 0 aliphatic rings. The van der Waals surface area contributed by atoms with Gasteiger partial charge in [0.15, 0.2) is 5.69 Å². The molecule has 3 rings (SSSR count). The number of anilines is 1. The number of methoxy groups -OCH3 is 1. The number of benzene rings is 2. The lowest BCUT2D eigenvalue weighted by atomic mass is 10.1. The second kappa shape index (κ2) is 7.00. The molecule has 1 aromatic heterocycles. The van der Waals surface area contributed by atoms with E-state index in [-0.39, 0.29) is 11.6 Å². The summed E-state index contributed by atoms with van der Waals surface area (Å²) >= 11 is 0. The summed E-state index contributed by atoms with van der Waals surface area (Å²) in [6, 6.07) is 11.7. The van der Waals surface area contributed by atoms with Gasteiger partial charge in [-0.05, 0) is 62.6 Å². The number of aromatic nitrogens is 3. The van der Waals surface area contributed by atoms with Crippen molar-refractivity contribution in [2.24, 2.45) is 0 Å². The van der Waals surface area contributed by atoms with Crippen LogP contribution in [0.2, 0.25) is 0 Å². The first-order chi connectivity index (χ1) is 12.4. The highest BCUT2D eigenvalue weighted by molar-refractivity contribution is 6.04. The average molecular weight is 350 g/mol. The molecule has 26 heavy (non-hydrogen) atoms. The molecule has 0 aliphatic carbocycles. The van der Waals surface area contributed by atoms with Crippen LogP contribution in [-0.4, -0.2) is 28.0 Å². The number of hydrogen-bond acceptors (Lipinski definition) is 4. The van der Waals surface area contributed by atoms with Crippen LogP contribution in [0.3, 0.4) is 0 Å². The molecule has 1 heterocycles. The van der Waals surface area contributed by atoms with Gasteiger partial charge in [-0.3, -0.25) is 4.79 Å². The van der Waals surface area contributed by atoms with Gasteiger partial charge in [-0.2, -0.15) is 0 Å². The van der Waals surface area contributed by atoms with Crippen LogP contribution in [0, 0.1) is 27.7 Å². The molecular formula is C20H22N4O2. The first-order valence-electron chi connectivity index (χ1n) is 8.36. The Morgan fingerprint density at radius 3 is 2.46 bits per heavy atom. The summed E-state index contributed by atoms with van der Waals surface area (Å²) in [5.41, 5.74) is 5.61. The van der Waals surface area contributed by atoms with E-state index in [0.717, 1.165) is 28.1 Å². The molecule has 0 bridgehead atoms. The molecule has 0 fully saturated rings. The van der Waals surface area contributed by atoms with E-state index in [0.29, 0.717) is 11.4 Å². The summed E-state index contributed by atoms with van der Waals surface area (Å²) in [6.07, 6.45) is 0. The van der Waals surface area contributed by atoms with E-state index in [1.165, 1.54) is 0 Å². The highest BCUT2D eigenvalue weighted by atomic mass is 16.5. The van der Waals surface area contributed by atoms with Crippen molar-refractivity contribution in [3.63, 3.8) is 0 Å². The van der Waals surface area contributed by atoms with Crippen molar-refractivity contribution < 1.29 is 9.53 Å². The van der Waals surface area contributed by atoms with Crippen LogP contribution in [0.15, 0.2) is 36.4 Å². The predicted octanol–water partition coefficient (Wildman–Crippen LogP) is 3.76. The largest absolute Gasteiger partial charge is 0.494 e. The van der Waals surface area contributed by atoms with E-state index < -0.39 is 0 Å².